The third-order valence-corrected chi connectivity index (χ3v) is 3.82. The summed E-state index contributed by atoms with van der Waals surface area (Å²) in [6, 6.07) is 0. The molecule has 0 atom stereocenters. The van der Waals surface area contributed by atoms with Gasteiger partial charge < -0.3 is 9.84 Å². The number of carbonyl (C=O) groups excluding carboxylic acids is 1. The van der Waals surface area contributed by atoms with Gasteiger partial charge in [-0.15, -0.1) is 0 Å². The maximum Gasteiger partial charge on any atom is 0.255 e. The number of nitrogens with one attached hydrogen (secondary N) is 1. The molecular formula is C15H19N7O2. The van der Waals surface area contributed by atoms with Gasteiger partial charge in [0.25, 0.3) is 5.91 Å². The molecule has 0 radical (unpaired) electrons. The number of rotatable bonds is 5. The molecule has 0 aliphatic heterocycles. The van der Waals surface area contributed by atoms with Crippen LogP contribution in [0.3, 0.4) is 0 Å². The average molecular weight is 329 g/mol. The largest absolute Gasteiger partial charge is 0.343 e. The van der Waals surface area contributed by atoms with E-state index in [-0.39, 0.29) is 12.5 Å². The average Bonchev–Trinajstić information content (AvgIpc) is 3.25. The van der Waals surface area contributed by atoms with Crippen molar-refractivity contribution in [3.8, 4) is 11.4 Å². The minimum Gasteiger partial charge on any atom is -0.343 e. The molecular weight excluding hydrogens is 310 g/mol. The van der Waals surface area contributed by atoms with E-state index >= 15 is 0 Å². The van der Waals surface area contributed by atoms with Crippen molar-refractivity contribution < 1.29 is 9.32 Å². The fraction of sp³-hybridized carbons (Fsp3) is 0.400. The lowest BCUT2D eigenvalue weighted by molar-refractivity contribution is 0.0945. The summed E-state index contributed by atoms with van der Waals surface area (Å²) in [6.45, 7) is 6.58. The van der Waals surface area contributed by atoms with E-state index in [1.165, 1.54) is 0 Å². The highest BCUT2D eigenvalue weighted by Gasteiger charge is 2.18. The number of amides is 1. The predicted molar refractivity (Wildman–Crippen MR) is 85.0 cm³/mol. The van der Waals surface area contributed by atoms with Crippen LogP contribution in [0, 0.1) is 13.8 Å². The molecule has 3 heterocycles. The topological polar surface area (TPSA) is 104 Å². The second kappa shape index (κ2) is 6.26. The Hall–Kier alpha value is -2.97. The highest BCUT2D eigenvalue weighted by Crippen LogP contribution is 2.15. The Balaban J connectivity index is 1.68. The maximum absolute atomic E-state index is 12.3. The van der Waals surface area contributed by atoms with Gasteiger partial charge in [0.2, 0.25) is 11.7 Å². The van der Waals surface area contributed by atoms with Crippen molar-refractivity contribution in [2.45, 2.75) is 33.9 Å². The summed E-state index contributed by atoms with van der Waals surface area (Å²) in [5, 5.41) is 15.1. The van der Waals surface area contributed by atoms with Crippen molar-refractivity contribution in [3.05, 3.63) is 35.2 Å². The standard InChI is InChI=1S/C15H19N7O2/c1-5-22-8-11(6-17-22)14-18-12(24-20-14)7-16-15(23)13-9(2)19-21(4)10(13)3/h6,8H,5,7H2,1-4H3,(H,16,23). The molecule has 3 rings (SSSR count). The highest BCUT2D eigenvalue weighted by molar-refractivity contribution is 5.96. The molecule has 0 unspecified atom stereocenters. The minimum absolute atomic E-state index is 0.154. The zero-order valence-electron chi connectivity index (χ0n) is 14.1. The van der Waals surface area contributed by atoms with Gasteiger partial charge in [0.15, 0.2) is 0 Å². The Morgan fingerprint density at radius 2 is 2.17 bits per heavy atom. The Kier molecular flexibility index (Phi) is 4.15. The van der Waals surface area contributed by atoms with E-state index in [9.17, 15) is 4.79 Å². The number of hydrogen-bond donors (Lipinski definition) is 1. The number of nitrogens with zero attached hydrogens (tertiary/aromatic N) is 6. The monoisotopic (exact) mass is 329 g/mol. The molecule has 0 aliphatic rings. The van der Waals surface area contributed by atoms with Gasteiger partial charge in [0, 0.05) is 25.5 Å². The first-order valence-electron chi connectivity index (χ1n) is 7.63. The van der Waals surface area contributed by atoms with Crippen LogP contribution in [-0.4, -0.2) is 35.6 Å². The lowest BCUT2D eigenvalue weighted by Gasteiger charge is -2.02. The molecule has 9 nitrogen and oxygen atoms in total. The van der Waals surface area contributed by atoms with Crippen molar-refractivity contribution in [1.82, 2.24) is 35.0 Å². The maximum atomic E-state index is 12.3. The van der Waals surface area contributed by atoms with Crippen LogP contribution >= 0.6 is 0 Å². The zero-order chi connectivity index (χ0) is 17.3. The van der Waals surface area contributed by atoms with Crippen LogP contribution in [0.2, 0.25) is 0 Å². The van der Waals surface area contributed by atoms with Crippen LogP contribution in [0.5, 0.6) is 0 Å². The highest BCUT2D eigenvalue weighted by atomic mass is 16.5. The molecule has 24 heavy (non-hydrogen) atoms. The van der Waals surface area contributed by atoms with Gasteiger partial charge in [-0.25, -0.2) is 0 Å². The molecule has 0 saturated carbocycles. The van der Waals surface area contributed by atoms with Crippen LogP contribution in [0.1, 0.15) is 34.6 Å². The Bertz CT molecular complexity index is 874. The molecule has 126 valence electrons. The van der Waals surface area contributed by atoms with Crippen molar-refractivity contribution in [3.63, 3.8) is 0 Å². The first-order valence-corrected chi connectivity index (χ1v) is 7.63. The van der Waals surface area contributed by atoms with Crippen molar-refractivity contribution in [2.24, 2.45) is 7.05 Å². The van der Waals surface area contributed by atoms with Gasteiger partial charge in [0.1, 0.15) is 0 Å². The van der Waals surface area contributed by atoms with Crippen LogP contribution in [0.4, 0.5) is 0 Å². The third kappa shape index (κ3) is 2.92. The molecule has 0 aromatic carbocycles. The van der Waals surface area contributed by atoms with Crippen LogP contribution in [0.25, 0.3) is 11.4 Å². The summed E-state index contributed by atoms with van der Waals surface area (Å²) in [5.41, 5.74) is 2.84. The fourth-order valence-corrected chi connectivity index (χ4v) is 2.44. The smallest absolute Gasteiger partial charge is 0.255 e. The van der Waals surface area contributed by atoms with E-state index in [0.29, 0.717) is 23.0 Å². The van der Waals surface area contributed by atoms with Gasteiger partial charge >= 0.3 is 0 Å². The molecule has 3 aromatic rings. The Morgan fingerprint density at radius 3 is 2.79 bits per heavy atom. The SMILES string of the molecule is CCn1cc(-c2noc(CNC(=O)c3c(C)nn(C)c3C)n2)cn1. The molecule has 0 saturated heterocycles. The van der Waals surface area contributed by atoms with Crippen LogP contribution in [-0.2, 0) is 20.1 Å². The molecule has 1 N–H and O–H groups in total. The quantitative estimate of drug-likeness (QED) is 0.755. The lowest BCUT2D eigenvalue weighted by atomic mass is 10.2. The molecule has 0 aliphatic carbocycles. The van der Waals surface area contributed by atoms with Gasteiger partial charge in [0.05, 0.1) is 29.6 Å². The summed E-state index contributed by atoms with van der Waals surface area (Å²) in [5.74, 6) is 0.575. The minimum atomic E-state index is -0.211. The summed E-state index contributed by atoms with van der Waals surface area (Å²) in [7, 11) is 1.81. The van der Waals surface area contributed by atoms with E-state index in [1.807, 2.05) is 20.0 Å². The predicted octanol–water partition coefficient (Wildman–Crippen LogP) is 1.23. The zero-order valence-corrected chi connectivity index (χ0v) is 14.1. The molecule has 3 aromatic heterocycles. The van der Waals surface area contributed by atoms with E-state index in [1.54, 1.807) is 29.5 Å². The number of aryl methyl sites for hydroxylation is 3. The summed E-state index contributed by atoms with van der Waals surface area (Å²) < 4.78 is 8.64. The summed E-state index contributed by atoms with van der Waals surface area (Å²) in [6.07, 6.45) is 3.52. The number of aromatic nitrogens is 6. The second-order valence-corrected chi connectivity index (χ2v) is 5.45. The molecule has 0 spiro atoms. The number of carbonyl (C=O) groups is 1. The van der Waals surface area contributed by atoms with E-state index in [0.717, 1.165) is 17.8 Å². The first kappa shape index (κ1) is 15.9. The lowest BCUT2D eigenvalue weighted by Crippen LogP contribution is -2.24. The van der Waals surface area contributed by atoms with E-state index < -0.39 is 0 Å². The number of hydrogen-bond acceptors (Lipinski definition) is 6. The normalized spacial score (nSPS) is 11.0. The Labute approximate surface area is 138 Å². The van der Waals surface area contributed by atoms with E-state index in [4.69, 9.17) is 4.52 Å². The molecule has 1 amide bonds. The summed E-state index contributed by atoms with van der Waals surface area (Å²) >= 11 is 0. The van der Waals surface area contributed by atoms with Crippen LogP contribution in [0.15, 0.2) is 16.9 Å². The fourth-order valence-electron chi connectivity index (χ4n) is 2.44. The summed E-state index contributed by atoms with van der Waals surface area (Å²) in [4.78, 5) is 16.6. The van der Waals surface area contributed by atoms with Gasteiger partial charge in [-0.1, -0.05) is 5.16 Å². The van der Waals surface area contributed by atoms with Gasteiger partial charge in [-0.2, -0.15) is 15.2 Å². The molecule has 9 heteroatoms. The van der Waals surface area contributed by atoms with Crippen molar-refractivity contribution >= 4 is 5.91 Å². The van der Waals surface area contributed by atoms with Gasteiger partial charge in [-0.3, -0.25) is 14.2 Å². The van der Waals surface area contributed by atoms with Crippen molar-refractivity contribution in [2.75, 3.05) is 0 Å². The second-order valence-electron chi connectivity index (χ2n) is 5.45. The molecule has 0 fully saturated rings. The first-order chi connectivity index (χ1) is 11.5. The third-order valence-electron chi connectivity index (χ3n) is 3.82. The van der Waals surface area contributed by atoms with Crippen molar-refractivity contribution in [1.29, 1.82) is 0 Å². The Morgan fingerprint density at radius 1 is 1.38 bits per heavy atom. The van der Waals surface area contributed by atoms with Gasteiger partial charge in [-0.05, 0) is 20.8 Å². The van der Waals surface area contributed by atoms with Crippen LogP contribution < -0.4 is 5.32 Å². The molecule has 0 bridgehead atoms. The van der Waals surface area contributed by atoms with E-state index in [2.05, 4.69) is 25.7 Å².